The molecule has 2 aromatic carbocycles. The van der Waals surface area contributed by atoms with Gasteiger partial charge in [0.2, 0.25) is 0 Å². The van der Waals surface area contributed by atoms with E-state index in [0.717, 1.165) is 11.1 Å². The second-order valence-corrected chi connectivity index (χ2v) is 5.38. The summed E-state index contributed by atoms with van der Waals surface area (Å²) in [6.07, 6.45) is 2.04. The first-order chi connectivity index (χ1) is 9.60. The number of thioether (sulfide) groups is 1. The first-order valence-electron chi connectivity index (χ1n) is 6.26. The lowest BCUT2D eigenvalue weighted by Gasteiger charge is -2.11. The van der Waals surface area contributed by atoms with Gasteiger partial charge in [-0.25, -0.2) is 0 Å². The third kappa shape index (κ3) is 3.54. The summed E-state index contributed by atoms with van der Waals surface area (Å²) in [6.45, 7) is 2.36. The Kier molecular flexibility index (Phi) is 4.69. The van der Waals surface area contributed by atoms with Gasteiger partial charge in [-0.3, -0.25) is 4.79 Å². The fourth-order valence-electron chi connectivity index (χ4n) is 1.84. The van der Waals surface area contributed by atoms with Gasteiger partial charge in [0.05, 0.1) is 5.56 Å². The monoisotopic (exact) mass is 287 g/mol. The molecule has 1 amide bonds. The molecule has 0 radical (unpaired) electrons. The Labute approximate surface area is 123 Å². The molecule has 3 nitrogen and oxygen atoms in total. The lowest BCUT2D eigenvalue weighted by atomic mass is 10.1. The molecule has 0 aromatic heterocycles. The van der Waals surface area contributed by atoms with E-state index in [1.165, 1.54) is 4.90 Å². The third-order valence-corrected chi connectivity index (χ3v) is 3.70. The number of primary amides is 1. The lowest BCUT2D eigenvalue weighted by Crippen LogP contribution is -2.13. The summed E-state index contributed by atoms with van der Waals surface area (Å²) in [6, 6.07) is 13.5. The second-order valence-electron chi connectivity index (χ2n) is 4.50. The van der Waals surface area contributed by atoms with Crippen LogP contribution in [0.4, 0.5) is 0 Å². The van der Waals surface area contributed by atoms with Crippen LogP contribution < -0.4 is 10.5 Å². The summed E-state index contributed by atoms with van der Waals surface area (Å²) in [5.41, 5.74) is 7.85. The zero-order chi connectivity index (χ0) is 14.5. The summed E-state index contributed by atoms with van der Waals surface area (Å²) in [7, 11) is 0. The van der Waals surface area contributed by atoms with Crippen LogP contribution in [0, 0.1) is 6.92 Å². The minimum absolute atomic E-state index is 0.413. The standard InChI is InChI=1S/C16H17NO2S/c1-11-3-8-14(16(17)18)15(9-11)19-10-12-4-6-13(20-2)7-5-12/h3-9H,10H2,1-2H3,(H2,17,18). The van der Waals surface area contributed by atoms with Gasteiger partial charge in [0.15, 0.2) is 0 Å². The van der Waals surface area contributed by atoms with E-state index >= 15 is 0 Å². The van der Waals surface area contributed by atoms with Crippen LogP contribution in [0.5, 0.6) is 5.75 Å². The highest BCUT2D eigenvalue weighted by Gasteiger charge is 2.09. The van der Waals surface area contributed by atoms with Crippen LogP contribution in [-0.2, 0) is 6.61 Å². The summed E-state index contributed by atoms with van der Waals surface area (Å²) in [4.78, 5) is 12.6. The van der Waals surface area contributed by atoms with E-state index in [1.807, 2.05) is 37.4 Å². The van der Waals surface area contributed by atoms with E-state index in [0.29, 0.717) is 17.9 Å². The highest BCUT2D eigenvalue weighted by Crippen LogP contribution is 2.22. The van der Waals surface area contributed by atoms with Crippen molar-refractivity contribution < 1.29 is 9.53 Å². The molecule has 2 N–H and O–H groups in total. The van der Waals surface area contributed by atoms with Crippen LogP contribution in [0.15, 0.2) is 47.4 Å². The maximum absolute atomic E-state index is 11.4. The predicted octanol–water partition coefficient (Wildman–Crippen LogP) is 3.39. The van der Waals surface area contributed by atoms with Gasteiger partial charge in [0.1, 0.15) is 12.4 Å². The summed E-state index contributed by atoms with van der Waals surface area (Å²) in [5.74, 6) is 0.0594. The molecule has 0 saturated heterocycles. The Morgan fingerprint density at radius 3 is 2.50 bits per heavy atom. The highest BCUT2D eigenvalue weighted by molar-refractivity contribution is 7.98. The minimum Gasteiger partial charge on any atom is -0.488 e. The van der Waals surface area contributed by atoms with Gasteiger partial charge in [-0.2, -0.15) is 0 Å². The molecule has 0 bridgehead atoms. The van der Waals surface area contributed by atoms with E-state index in [9.17, 15) is 4.79 Å². The second kappa shape index (κ2) is 6.48. The van der Waals surface area contributed by atoms with Gasteiger partial charge >= 0.3 is 0 Å². The van der Waals surface area contributed by atoms with Gasteiger partial charge in [-0.05, 0) is 48.6 Å². The maximum atomic E-state index is 11.4. The quantitative estimate of drug-likeness (QED) is 0.858. The van der Waals surface area contributed by atoms with Gasteiger partial charge in [-0.15, -0.1) is 11.8 Å². The van der Waals surface area contributed by atoms with E-state index in [-0.39, 0.29) is 0 Å². The molecule has 0 fully saturated rings. The summed E-state index contributed by atoms with van der Waals surface area (Å²) >= 11 is 1.70. The van der Waals surface area contributed by atoms with E-state index in [4.69, 9.17) is 10.5 Å². The SMILES string of the molecule is CSc1ccc(COc2cc(C)ccc2C(N)=O)cc1. The number of benzene rings is 2. The Morgan fingerprint density at radius 1 is 1.20 bits per heavy atom. The number of carbonyl (C=O) groups is 1. The number of hydrogen-bond donors (Lipinski definition) is 1. The van der Waals surface area contributed by atoms with Crippen molar-refractivity contribution in [3.8, 4) is 5.75 Å². The lowest BCUT2D eigenvalue weighted by molar-refractivity contribution is 0.0996. The first-order valence-corrected chi connectivity index (χ1v) is 7.49. The maximum Gasteiger partial charge on any atom is 0.252 e. The Bertz CT molecular complexity index is 608. The van der Waals surface area contributed by atoms with Crippen molar-refractivity contribution in [3.63, 3.8) is 0 Å². The Morgan fingerprint density at radius 2 is 1.90 bits per heavy atom. The normalized spacial score (nSPS) is 10.3. The van der Waals surface area contributed by atoms with E-state index < -0.39 is 5.91 Å². The van der Waals surface area contributed by atoms with Crippen molar-refractivity contribution >= 4 is 17.7 Å². The number of rotatable bonds is 5. The minimum atomic E-state index is -0.474. The Balaban J connectivity index is 2.13. The largest absolute Gasteiger partial charge is 0.488 e. The Hall–Kier alpha value is -1.94. The van der Waals surface area contributed by atoms with Gasteiger partial charge in [0.25, 0.3) is 5.91 Å². The number of nitrogens with two attached hydrogens (primary N) is 1. The van der Waals surface area contributed by atoms with E-state index in [1.54, 1.807) is 17.8 Å². The van der Waals surface area contributed by atoms with Crippen LogP contribution in [0.2, 0.25) is 0 Å². The molecule has 2 aromatic rings. The molecule has 0 spiro atoms. The van der Waals surface area contributed by atoms with Gasteiger partial charge < -0.3 is 10.5 Å². The molecule has 0 atom stereocenters. The van der Waals surface area contributed by atoms with Gasteiger partial charge in [0, 0.05) is 4.90 Å². The molecule has 20 heavy (non-hydrogen) atoms. The summed E-state index contributed by atoms with van der Waals surface area (Å²) < 4.78 is 5.73. The topological polar surface area (TPSA) is 52.3 Å². The van der Waals surface area contributed by atoms with Crippen molar-refractivity contribution in [2.24, 2.45) is 5.73 Å². The highest BCUT2D eigenvalue weighted by atomic mass is 32.2. The third-order valence-electron chi connectivity index (χ3n) is 2.96. The van der Waals surface area contributed by atoms with Crippen molar-refractivity contribution in [2.75, 3.05) is 6.26 Å². The average Bonchev–Trinajstić information content (AvgIpc) is 2.45. The molecule has 0 heterocycles. The molecule has 0 unspecified atom stereocenters. The zero-order valence-electron chi connectivity index (χ0n) is 11.6. The first kappa shape index (κ1) is 14.5. The number of carbonyl (C=O) groups excluding carboxylic acids is 1. The summed E-state index contributed by atoms with van der Waals surface area (Å²) in [5, 5.41) is 0. The molecule has 0 saturated carbocycles. The van der Waals surface area contributed by atoms with E-state index in [2.05, 4.69) is 12.1 Å². The van der Waals surface area contributed by atoms with Crippen molar-refractivity contribution in [3.05, 3.63) is 59.2 Å². The number of hydrogen-bond acceptors (Lipinski definition) is 3. The number of aryl methyl sites for hydroxylation is 1. The molecular formula is C16H17NO2S. The molecule has 0 aliphatic carbocycles. The fraction of sp³-hybridized carbons (Fsp3) is 0.188. The molecule has 0 aliphatic heterocycles. The molecule has 4 heteroatoms. The molecule has 0 aliphatic rings. The molecule has 2 rings (SSSR count). The smallest absolute Gasteiger partial charge is 0.252 e. The number of amides is 1. The van der Waals surface area contributed by atoms with Gasteiger partial charge in [-0.1, -0.05) is 18.2 Å². The fourth-order valence-corrected chi connectivity index (χ4v) is 2.24. The molecule has 104 valence electrons. The average molecular weight is 287 g/mol. The zero-order valence-corrected chi connectivity index (χ0v) is 12.4. The van der Waals surface area contributed by atoms with Crippen molar-refractivity contribution in [1.29, 1.82) is 0 Å². The van der Waals surface area contributed by atoms with Crippen molar-refractivity contribution in [2.45, 2.75) is 18.4 Å². The van der Waals surface area contributed by atoms with Crippen LogP contribution in [0.25, 0.3) is 0 Å². The van der Waals surface area contributed by atoms with Crippen LogP contribution in [-0.4, -0.2) is 12.2 Å². The van der Waals surface area contributed by atoms with Crippen LogP contribution in [0.3, 0.4) is 0 Å². The predicted molar refractivity (Wildman–Crippen MR) is 82.3 cm³/mol. The van der Waals surface area contributed by atoms with Crippen LogP contribution in [0.1, 0.15) is 21.5 Å². The van der Waals surface area contributed by atoms with Crippen LogP contribution >= 0.6 is 11.8 Å². The number of ether oxygens (including phenoxy) is 1. The van der Waals surface area contributed by atoms with Crippen molar-refractivity contribution in [1.82, 2.24) is 0 Å². The molecular weight excluding hydrogens is 270 g/mol.